The largest absolute Gasteiger partial charge is 0.398 e. The van der Waals surface area contributed by atoms with E-state index in [4.69, 9.17) is 5.73 Å². The number of nitrogens with zero attached hydrogens (tertiary/aromatic N) is 1. The summed E-state index contributed by atoms with van der Waals surface area (Å²) in [6.07, 6.45) is 2.49. The van der Waals surface area contributed by atoms with Gasteiger partial charge >= 0.3 is 0 Å². The van der Waals surface area contributed by atoms with Crippen LogP contribution in [-0.2, 0) is 0 Å². The molecule has 2 rings (SSSR count). The second kappa shape index (κ2) is 4.45. The lowest BCUT2D eigenvalue weighted by atomic mass is 10.2. The Bertz CT molecular complexity index is 415. The summed E-state index contributed by atoms with van der Waals surface area (Å²) in [6.45, 7) is 0.847. The molecule has 0 aromatic heterocycles. The Hall–Kier alpha value is -1.03. The van der Waals surface area contributed by atoms with Gasteiger partial charge in [0.05, 0.1) is 10.0 Å². The van der Waals surface area contributed by atoms with Gasteiger partial charge in [-0.15, -0.1) is 0 Å². The fraction of sp³-hybridized carbons (Fsp3) is 0.417. The highest BCUT2D eigenvalue weighted by Gasteiger charge is 2.26. The van der Waals surface area contributed by atoms with Crippen LogP contribution in [0.15, 0.2) is 22.7 Å². The molecular formula is C12H15BrN2O. The average Bonchev–Trinajstić information content (AvgIpc) is 3.05. The Morgan fingerprint density at radius 2 is 2.25 bits per heavy atom. The summed E-state index contributed by atoms with van der Waals surface area (Å²) >= 11 is 3.36. The van der Waals surface area contributed by atoms with Gasteiger partial charge in [-0.3, -0.25) is 4.79 Å². The maximum absolute atomic E-state index is 12.1. The number of nitrogens with two attached hydrogens (primary N) is 1. The first-order valence-electron chi connectivity index (χ1n) is 5.39. The van der Waals surface area contributed by atoms with Crippen LogP contribution in [0.5, 0.6) is 0 Å². The van der Waals surface area contributed by atoms with Crippen LogP contribution in [0.3, 0.4) is 0 Å². The van der Waals surface area contributed by atoms with Crippen molar-refractivity contribution < 1.29 is 4.79 Å². The van der Waals surface area contributed by atoms with E-state index in [-0.39, 0.29) is 5.91 Å². The highest BCUT2D eigenvalue weighted by molar-refractivity contribution is 9.10. The standard InChI is InChI=1S/C12H15BrN2O/c1-15(7-8-5-6-8)12(16)9-3-2-4-10(14)11(9)13/h2-4,8H,5-7,14H2,1H3. The molecule has 1 saturated carbocycles. The second-order valence-corrected chi connectivity index (χ2v) is 5.13. The van der Waals surface area contributed by atoms with Gasteiger partial charge in [0.1, 0.15) is 0 Å². The number of hydrogen-bond acceptors (Lipinski definition) is 2. The molecule has 1 fully saturated rings. The third-order valence-electron chi connectivity index (χ3n) is 2.83. The van der Waals surface area contributed by atoms with E-state index in [0.29, 0.717) is 21.6 Å². The fourth-order valence-electron chi connectivity index (χ4n) is 1.69. The molecule has 16 heavy (non-hydrogen) atoms. The van der Waals surface area contributed by atoms with Crippen LogP contribution in [0.2, 0.25) is 0 Å². The number of carbonyl (C=O) groups is 1. The molecule has 0 heterocycles. The SMILES string of the molecule is CN(CC1CC1)C(=O)c1cccc(N)c1Br. The normalized spacial score (nSPS) is 14.9. The summed E-state index contributed by atoms with van der Waals surface area (Å²) in [5.74, 6) is 0.736. The van der Waals surface area contributed by atoms with Crippen molar-refractivity contribution >= 4 is 27.5 Å². The summed E-state index contributed by atoms with van der Waals surface area (Å²) < 4.78 is 0.697. The monoisotopic (exact) mass is 282 g/mol. The van der Waals surface area contributed by atoms with E-state index in [9.17, 15) is 4.79 Å². The van der Waals surface area contributed by atoms with Crippen LogP contribution in [0.25, 0.3) is 0 Å². The first-order valence-corrected chi connectivity index (χ1v) is 6.18. The zero-order valence-corrected chi connectivity index (χ0v) is 10.8. The minimum absolute atomic E-state index is 0.0334. The molecule has 4 heteroatoms. The lowest BCUT2D eigenvalue weighted by Crippen LogP contribution is -2.29. The maximum Gasteiger partial charge on any atom is 0.254 e. The van der Waals surface area contributed by atoms with Crippen molar-refractivity contribution in [3.8, 4) is 0 Å². The molecule has 1 aliphatic carbocycles. The van der Waals surface area contributed by atoms with Crippen LogP contribution in [0.4, 0.5) is 5.69 Å². The molecule has 86 valence electrons. The molecule has 0 radical (unpaired) electrons. The van der Waals surface area contributed by atoms with E-state index in [2.05, 4.69) is 15.9 Å². The summed E-state index contributed by atoms with van der Waals surface area (Å²) in [5, 5.41) is 0. The Labute approximate surface area is 104 Å². The van der Waals surface area contributed by atoms with E-state index in [1.165, 1.54) is 12.8 Å². The van der Waals surface area contributed by atoms with E-state index >= 15 is 0 Å². The first-order chi connectivity index (χ1) is 7.59. The molecule has 0 bridgehead atoms. The van der Waals surface area contributed by atoms with Gasteiger partial charge in [-0.25, -0.2) is 0 Å². The smallest absolute Gasteiger partial charge is 0.254 e. The molecule has 0 unspecified atom stereocenters. The lowest BCUT2D eigenvalue weighted by molar-refractivity contribution is 0.0788. The minimum atomic E-state index is 0.0334. The van der Waals surface area contributed by atoms with Gasteiger partial charge in [0, 0.05) is 19.3 Å². The molecule has 0 aliphatic heterocycles. The molecule has 1 aliphatic rings. The average molecular weight is 283 g/mol. The van der Waals surface area contributed by atoms with Crippen molar-refractivity contribution in [3.63, 3.8) is 0 Å². The van der Waals surface area contributed by atoms with Gasteiger partial charge in [-0.1, -0.05) is 6.07 Å². The molecule has 1 aromatic rings. The van der Waals surface area contributed by atoms with E-state index in [1.54, 1.807) is 23.1 Å². The van der Waals surface area contributed by atoms with Crippen LogP contribution >= 0.6 is 15.9 Å². The quantitative estimate of drug-likeness (QED) is 0.866. The van der Waals surface area contributed by atoms with Crippen molar-refractivity contribution in [1.29, 1.82) is 0 Å². The first kappa shape index (κ1) is 11.5. The van der Waals surface area contributed by atoms with Gasteiger partial charge in [-0.05, 0) is 46.8 Å². The molecular weight excluding hydrogens is 268 g/mol. The molecule has 0 saturated heterocycles. The summed E-state index contributed by atoms with van der Waals surface area (Å²) in [7, 11) is 1.84. The molecule has 1 aromatic carbocycles. The van der Waals surface area contributed by atoms with Crippen LogP contribution in [0.1, 0.15) is 23.2 Å². The van der Waals surface area contributed by atoms with Crippen molar-refractivity contribution in [2.45, 2.75) is 12.8 Å². The summed E-state index contributed by atoms with van der Waals surface area (Å²) in [6, 6.07) is 5.38. The highest BCUT2D eigenvalue weighted by atomic mass is 79.9. The molecule has 0 spiro atoms. The van der Waals surface area contributed by atoms with Crippen LogP contribution < -0.4 is 5.73 Å². The second-order valence-electron chi connectivity index (χ2n) is 4.34. The van der Waals surface area contributed by atoms with Gasteiger partial charge in [0.2, 0.25) is 0 Å². The third-order valence-corrected chi connectivity index (χ3v) is 3.72. The van der Waals surface area contributed by atoms with Gasteiger partial charge in [-0.2, -0.15) is 0 Å². The van der Waals surface area contributed by atoms with Crippen molar-refractivity contribution in [3.05, 3.63) is 28.2 Å². The molecule has 1 amide bonds. The summed E-state index contributed by atoms with van der Waals surface area (Å²) in [5.41, 5.74) is 7.00. The van der Waals surface area contributed by atoms with Crippen molar-refractivity contribution in [1.82, 2.24) is 4.90 Å². The Morgan fingerprint density at radius 1 is 1.56 bits per heavy atom. The zero-order valence-electron chi connectivity index (χ0n) is 9.24. The minimum Gasteiger partial charge on any atom is -0.398 e. The highest BCUT2D eigenvalue weighted by Crippen LogP contribution is 2.30. The number of carbonyl (C=O) groups excluding carboxylic acids is 1. The molecule has 2 N–H and O–H groups in total. The number of rotatable bonds is 3. The van der Waals surface area contributed by atoms with Crippen molar-refractivity contribution in [2.75, 3.05) is 19.3 Å². The molecule has 3 nitrogen and oxygen atoms in total. The van der Waals surface area contributed by atoms with Crippen LogP contribution in [0, 0.1) is 5.92 Å². The number of halogens is 1. The fourth-order valence-corrected chi connectivity index (χ4v) is 2.13. The topological polar surface area (TPSA) is 46.3 Å². The Morgan fingerprint density at radius 3 is 2.88 bits per heavy atom. The third kappa shape index (κ3) is 2.38. The number of nitrogen functional groups attached to an aromatic ring is 1. The number of amides is 1. The van der Waals surface area contributed by atoms with E-state index in [1.807, 2.05) is 7.05 Å². The van der Waals surface area contributed by atoms with E-state index < -0.39 is 0 Å². The molecule has 0 atom stereocenters. The van der Waals surface area contributed by atoms with Crippen LogP contribution in [-0.4, -0.2) is 24.4 Å². The lowest BCUT2D eigenvalue weighted by Gasteiger charge is -2.18. The van der Waals surface area contributed by atoms with Gasteiger partial charge in [0.15, 0.2) is 0 Å². The van der Waals surface area contributed by atoms with E-state index in [0.717, 1.165) is 6.54 Å². The predicted molar refractivity (Wildman–Crippen MR) is 68.2 cm³/mol. The Kier molecular flexibility index (Phi) is 3.19. The summed E-state index contributed by atoms with van der Waals surface area (Å²) in [4.78, 5) is 13.9. The number of hydrogen-bond donors (Lipinski definition) is 1. The van der Waals surface area contributed by atoms with Crippen molar-refractivity contribution in [2.24, 2.45) is 5.92 Å². The number of anilines is 1. The van der Waals surface area contributed by atoms with Gasteiger partial charge < -0.3 is 10.6 Å². The Balaban J connectivity index is 2.15. The predicted octanol–water partition coefficient (Wildman–Crippen LogP) is 2.51. The number of benzene rings is 1. The zero-order chi connectivity index (χ0) is 11.7. The van der Waals surface area contributed by atoms with Gasteiger partial charge in [0.25, 0.3) is 5.91 Å². The maximum atomic E-state index is 12.1.